The molecule has 2 bridgehead atoms. The second-order valence-electron chi connectivity index (χ2n) is 9.97. The van der Waals surface area contributed by atoms with Crippen molar-refractivity contribution in [2.45, 2.75) is 52.0 Å². The zero-order chi connectivity index (χ0) is 20.9. The Balaban J connectivity index is 1.36. The van der Waals surface area contributed by atoms with E-state index in [2.05, 4.69) is 46.2 Å². The Morgan fingerprint density at radius 3 is 2.40 bits per heavy atom. The molecule has 2 saturated carbocycles. The number of phenolic OH excluding ortho intramolecular Hbond substituents is 1. The fourth-order valence-corrected chi connectivity index (χ4v) is 5.82. The lowest BCUT2D eigenvalue weighted by molar-refractivity contribution is 0.148. The first-order valence-corrected chi connectivity index (χ1v) is 10.7. The van der Waals surface area contributed by atoms with E-state index in [4.69, 9.17) is 0 Å². The first-order chi connectivity index (χ1) is 14.3. The SMILES string of the molecule is CN(c1ccc(-c2ccc(-c3cn[nH]c3)cc2O)nn1)[C@@H]1C[C@]2(C)CC[C@](C)(C1)C2. The van der Waals surface area contributed by atoms with Crippen LogP contribution in [0.4, 0.5) is 5.82 Å². The number of nitrogens with zero attached hydrogens (tertiary/aromatic N) is 4. The number of anilines is 1. The summed E-state index contributed by atoms with van der Waals surface area (Å²) in [6, 6.07) is 10.0. The van der Waals surface area contributed by atoms with E-state index >= 15 is 0 Å². The lowest BCUT2D eigenvalue weighted by Crippen LogP contribution is -2.42. The molecule has 3 atom stereocenters. The zero-order valence-electron chi connectivity index (χ0n) is 17.9. The van der Waals surface area contributed by atoms with Crippen molar-refractivity contribution >= 4 is 5.82 Å². The summed E-state index contributed by atoms with van der Waals surface area (Å²) in [6.07, 6.45) is 10.0. The summed E-state index contributed by atoms with van der Waals surface area (Å²) in [4.78, 5) is 2.31. The second-order valence-corrected chi connectivity index (χ2v) is 9.97. The van der Waals surface area contributed by atoms with Crippen LogP contribution in [-0.2, 0) is 0 Å². The third-order valence-electron chi connectivity index (χ3n) is 7.31. The van der Waals surface area contributed by atoms with Crippen LogP contribution in [0.25, 0.3) is 22.4 Å². The normalized spacial score (nSPS) is 27.9. The van der Waals surface area contributed by atoms with Crippen LogP contribution < -0.4 is 4.90 Å². The molecule has 6 heteroatoms. The number of benzene rings is 1. The minimum absolute atomic E-state index is 0.189. The van der Waals surface area contributed by atoms with Gasteiger partial charge in [0.1, 0.15) is 5.75 Å². The van der Waals surface area contributed by atoms with Crippen molar-refractivity contribution in [3.8, 4) is 28.1 Å². The third-order valence-corrected chi connectivity index (χ3v) is 7.31. The van der Waals surface area contributed by atoms with Crippen molar-refractivity contribution in [1.82, 2.24) is 20.4 Å². The largest absolute Gasteiger partial charge is 0.507 e. The number of fused-ring (bicyclic) bond motifs is 2. The molecule has 0 spiro atoms. The number of phenols is 1. The molecular formula is C24H29N5O. The quantitative estimate of drug-likeness (QED) is 0.638. The van der Waals surface area contributed by atoms with E-state index in [-0.39, 0.29) is 5.75 Å². The van der Waals surface area contributed by atoms with Gasteiger partial charge in [-0.05, 0) is 72.8 Å². The maximum absolute atomic E-state index is 10.5. The molecule has 0 radical (unpaired) electrons. The second kappa shape index (κ2) is 6.83. The van der Waals surface area contributed by atoms with Gasteiger partial charge in [-0.3, -0.25) is 5.10 Å². The number of rotatable bonds is 4. The highest BCUT2D eigenvalue weighted by Crippen LogP contribution is 2.58. The Kier molecular flexibility index (Phi) is 4.34. The summed E-state index contributed by atoms with van der Waals surface area (Å²) in [6.45, 7) is 4.89. The lowest BCUT2D eigenvalue weighted by atomic mass is 9.68. The molecule has 5 rings (SSSR count). The molecule has 2 heterocycles. The fourth-order valence-electron chi connectivity index (χ4n) is 5.82. The van der Waals surface area contributed by atoms with Crippen LogP contribution in [-0.4, -0.2) is 38.6 Å². The summed E-state index contributed by atoms with van der Waals surface area (Å²) in [5, 5.41) is 26.2. The minimum Gasteiger partial charge on any atom is -0.507 e. The summed E-state index contributed by atoms with van der Waals surface area (Å²) in [5.74, 6) is 1.08. The van der Waals surface area contributed by atoms with Crippen molar-refractivity contribution in [2.75, 3.05) is 11.9 Å². The zero-order valence-corrected chi connectivity index (χ0v) is 17.9. The van der Waals surface area contributed by atoms with Gasteiger partial charge < -0.3 is 10.0 Å². The highest BCUT2D eigenvalue weighted by atomic mass is 16.3. The summed E-state index contributed by atoms with van der Waals surface area (Å²) in [5.41, 5.74) is 4.11. The molecule has 2 aromatic heterocycles. The topological polar surface area (TPSA) is 77.9 Å². The van der Waals surface area contributed by atoms with E-state index in [0.29, 0.717) is 28.1 Å². The van der Waals surface area contributed by atoms with Crippen LogP contribution in [0.15, 0.2) is 42.7 Å². The molecule has 0 aliphatic heterocycles. The maximum atomic E-state index is 10.5. The summed E-state index contributed by atoms with van der Waals surface area (Å²) < 4.78 is 0. The van der Waals surface area contributed by atoms with Crippen LogP contribution in [0.2, 0.25) is 0 Å². The van der Waals surface area contributed by atoms with Gasteiger partial charge >= 0.3 is 0 Å². The van der Waals surface area contributed by atoms with Crippen molar-refractivity contribution in [2.24, 2.45) is 10.8 Å². The fraction of sp³-hybridized carbons (Fsp3) is 0.458. The van der Waals surface area contributed by atoms with E-state index in [1.165, 1.54) is 32.1 Å². The molecule has 6 nitrogen and oxygen atoms in total. The Labute approximate surface area is 177 Å². The molecule has 30 heavy (non-hydrogen) atoms. The van der Waals surface area contributed by atoms with E-state index in [1.807, 2.05) is 24.3 Å². The highest BCUT2D eigenvalue weighted by molar-refractivity contribution is 5.73. The smallest absolute Gasteiger partial charge is 0.151 e. The Bertz CT molecular complexity index is 1030. The van der Waals surface area contributed by atoms with Gasteiger partial charge in [0.25, 0.3) is 0 Å². The highest BCUT2D eigenvalue weighted by Gasteiger charge is 2.49. The van der Waals surface area contributed by atoms with E-state index in [9.17, 15) is 5.11 Å². The predicted octanol–water partition coefficient (Wildman–Crippen LogP) is 5.03. The molecule has 2 fully saturated rings. The molecule has 0 amide bonds. The number of aromatic hydroxyl groups is 1. The average molecular weight is 404 g/mol. The number of hydrogen-bond acceptors (Lipinski definition) is 5. The summed E-state index contributed by atoms with van der Waals surface area (Å²) >= 11 is 0. The third kappa shape index (κ3) is 3.34. The molecular weight excluding hydrogens is 374 g/mol. The number of hydrogen-bond donors (Lipinski definition) is 2. The standard InChI is InChI=1S/C24H29N5O/c1-23-8-9-24(2,15-23)12-18(11-23)29(3)22-7-6-20(27-28-22)19-5-4-16(10-21(19)30)17-13-25-26-14-17/h4-7,10,13-14,18,30H,8-9,11-12,15H2,1-3H3,(H,25,26)/t18-,23+,24-. The maximum Gasteiger partial charge on any atom is 0.151 e. The van der Waals surface area contributed by atoms with Gasteiger partial charge in [0.15, 0.2) is 5.82 Å². The van der Waals surface area contributed by atoms with Gasteiger partial charge in [-0.25, -0.2) is 0 Å². The minimum atomic E-state index is 0.189. The Morgan fingerprint density at radius 2 is 1.80 bits per heavy atom. The van der Waals surface area contributed by atoms with Gasteiger partial charge in [-0.1, -0.05) is 19.9 Å². The molecule has 156 valence electrons. The van der Waals surface area contributed by atoms with Crippen LogP contribution in [0.1, 0.15) is 46.0 Å². The molecule has 1 aromatic carbocycles. The molecule has 2 aliphatic carbocycles. The van der Waals surface area contributed by atoms with Crippen LogP contribution in [0.3, 0.4) is 0 Å². The number of H-pyrrole nitrogens is 1. The van der Waals surface area contributed by atoms with Crippen LogP contribution in [0, 0.1) is 10.8 Å². The van der Waals surface area contributed by atoms with Gasteiger partial charge in [0.05, 0.1) is 11.9 Å². The average Bonchev–Trinajstić information content (AvgIpc) is 3.33. The first kappa shape index (κ1) is 19.1. The number of aromatic amines is 1. The molecule has 2 N–H and O–H groups in total. The van der Waals surface area contributed by atoms with E-state index in [0.717, 1.165) is 16.9 Å². The number of aromatic nitrogens is 4. The monoisotopic (exact) mass is 403 g/mol. The molecule has 0 unspecified atom stereocenters. The van der Waals surface area contributed by atoms with Crippen molar-refractivity contribution in [3.63, 3.8) is 0 Å². The first-order valence-electron chi connectivity index (χ1n) is 10.7. The number of nitrogens with one attached hydrogen (secondary N) is 1. The molecule has 3 aromatic rings. The van der Waals surface area contributed by atoms with E-state index < -0.39 is 0 Å². The summed E-state index contributed by atoms with van der Waals surface area (Å²) in [7, 11) is 2.14. The van der Waals surface area contributed by atoms with Gasteiger partial charge in [0, 0.05) is 30.4 Å². The predicted molar refractivity (Wildman–Crippen MR) is 118 cm³/mol. The van der Waals surface area contributed by atoms with E-state index in [1.54, 1.807) is 18.5 Å². The van der Waals surface area contributed by atoms with Gasteiger partial charge in [-0.15, -0.1) is 10.2 Å². The van der Waals surface area contributed by atoms with Gasteiger partial charge in [0.2, 0.25) is 0 Å². The molecule has 2 aliphatic rings. The van der Waals surface area contributed by atoms with Crippen LogP contribution in [0.5, 0.6) is 5.75 Å². The van der Waals surface area contributed by atoms with Crippen molar-refractivity contribution < 1.29 is 5.11 Å². The lowest BCUT2D eigenvalue weighted by Gasteiger charge is -2.44. The Hall–Kier alpha value is -2.89. The van der Waals surface area contributed by atoms with Gasteiger partial charge in [-0.2, -0.15) is 5.10 Å². The van der Waals surface area contributed by atoms with Crippen LogP contribution >= 0.6 is 0 Å². The van der Waals surface area contributed by atoms with Crippen molar-refractivity contribution in [3.05, 3.63) is 42.7 Å². The van der Waals surface area contributed by atoms with Crippen molar-refractivity contribution in [1.29, 1.82) is 0 Å². The Morgan fingerprint density at radius 1 is 1.03 bits per heavy atom. The molecule has 0 saturated heterocycles.